The zero-order valence-electron chi connectivity index (χ0n) is 19.8. The molecule has 0 saturated carbocycles. The number of aromatic nitrogens is 4. The molecule has 2 aliphatic heterocycles. The number of rotatable bonds is 9. The smallest absolute Gasteiger partial charge is 0.352 e. The summed E-state index contributed by atoms with van der Waals surface area (Å²) in [7, 11) is 3.86. The first-order valence-electron chi connectivity index (χ1n) is 10.6. The van der Waals surface area contributed by atoms with Crippen LogP contribution in [-0.2, 0) is 40.4 Å². The number of β-lactam (4-membered cyclic amide) rings is 1. The van der Waals surface area contributed by atoms with Crippen LogP contribution in [0.3, 0.4) is 0 Å². The molecule has 15 nitrogen and oxygen atoms in total. The molecule has 4 rings (SSSR count). The van der Waals surface area contributed by atoms with Gasteiger partial charge in [0.25, 0.3) is 11.6 Å². The number of hydrogen-bond acceptors (Lipinski definition) is 12. The Morgan fingerprint density at radius 1 is 1.30 bits per heavy atom. The Bertz CT molecular complexity index is 1280. The number of phenolic OH excluding ortho intramolecular Hbond substituents is 1. The van der Waals surface area contributed by atoms with E-state index in [1.807, 2.05) is 0 Å². The van der Waals surface area contributed by atoms with E-state index in [0.717, 1.165) is 30.9 Å². The van der Waals surface area contributed by atoms with E-state index >= 15 is 0 Å². The van der Waals surface area contributed by atoms with Gasteiger partial charge in [-0.2, -0.15) is 0 Å². The second-order valence-electron chi connectivity index (χ2n) is 7.95. The third-order valence-electron chi connectivity index (χ3n) is 5.83. The fraction of sp³-hybridized carbons (Fsp3) is 0.381. The van der Waals surface area contributed by atoms with Crippen LogP contribution in [0.25, 0.3) is 0 Å². The number of carbonyl (C=O) groups excluding carboxylic acids is 3. The standard InChI is InChI=1S/C21H22N6O9S/c1-26-20(23-24-25-26)37-9-11-8-36-19-21(35-3,18(33)27(19)14(11)16(30)31)22-15(29)13(17(32)34-2)10-4-6-12(28)7-5-10/h4-7,13,19,28H,8-9H2,1-3H3,(H,22,29)(H,30,31)/t13?,19-,21+/m1/s1. The van der Waals surface area contributed by atoms with Crippen molar-refractivity contribution in [1.29, 1.82) is 0 Å². The van der Waals surface area contributed by atoms with E-state index in [1.165, 1.54) is 28.9 Å². The molecule has 1 unspecified atom stereocenters. The Labute approximate surface area is 213 Å². The van der Waals surface area contributed by atoms with Gasteiger partial charge in [-0.15, -0.1) is 5.10 Å². The number of nitrogens with one attached hydrogen (secondary N) is 1. The molecule has 1 aromatic heterocycles. The number of amides is 2. The first kappa shape index (κ1) is 26.1. The van der Waals surface area contributed by atoms with Crippen molar-refractivity contribution in [2.45, 2.75) is 23.0 Å². The lowest BCUT2D eigenvalue weighted by atomic mass is 9.92. The lowest BCUT2D eigenvalue weighted by Crippen LogP contribution is -2.82. The van der Waals surface area contributed by atoms with Gasteiger partial charge < -0.3 is 29.7 Å². The molecule has 3 heterocycles. The summed E-state index contributed by atoms with van der Waals surface area (Å²) in [5.41, 5.74) is -1.93. The SMILES string of the molecule is COC(=O)C(C(=O)N[C@]1(OC)C(=O)N2C(C(=O)O)=C(CSc3nnnn3C)CO[C@@H]21)c1ccc(O)cc1. The van der Waals surface area contributed by atoms with Crippen LogP contribution in [0.1, 0.15) is 11.5 Å². The largest absolute Gasteiger partial charge is 0.508 e. The summed E-state index contributed by atoms with van der Waals surface area (Å²) in [6, 6.07) is 5.27. The summed E-state index contributed by atoms with van der Waals surface area (Å²) in [6.45, 7) is -0.187. The molecule has 0 bridgehead atoms. The van der Waals surface area contributed by atoms with E-state index in [4.69, 9.17) is 14.2 Å². The summed E-state index contributed by atoms with van der Waals surface area (Å²) in [4.78, 5) is 52.0. The van der Waals surface area contributed by atoms with Crippen LogP contribution in [0, 0.1) is 0 Å². The van der Waals surface area contributed by atoms with Crippen molar-refractivity contribution in [2.75, 3.05) is 26.6 Å². The second kappa shape index (κ2) is 10.2. The number of aryl methyl sites for hydroxylation is 1. The normalized spacial score (nSPS) is 21.6. The highest BCUT2D eigenvalue weighted by Crippen LogP contribution is 2.41. The molecule has 2 aromatic rings. The van der Waals surface area contributed by atoms with E-state index in [9.17, 15) is 29.4 Å². The maximum absolute atomic E-state index is 13.3. The molecule has 3 atom stereocenters. The van der Waals surface area contributed by atoms with Crippen LogP contribution in [0.15, 0.2) is 40.7 Å². The van der Waals surface area contributed by atoms with Crippen LogP contribution in [0.5, 0.6) is 5.75 Å². The summed E-state index contributed by atoms with van der Waals surface area (Å²) in [5.74, 6) is -5.63. The van der Waals surface area contributed by atoms with Crippen LogP contribution >= 0.6 is 11.8 Å². The van der Waals surface area contributed by atoms with Gasteiger partial charge in [-0.05, 0) is 33.7 Å². The number of aromatic hydroxyl groups is 1. The van der Waals surface area contributed by atoms with E-state index in [2.05, 4.69) is 20.8 Å². The van der Waals surface area contributed by atoms with Crippen molar-refractivity contribution in [3.63, 3.8) is 0 Å². The highest BCUT2D eigenvalue weighted by molar-refractivity contribution is 7.99. The number of carboxylic acid groups (broad SMARTS) is 1. The maximum Gasteiger partial charge on any atom is 0.352 e. The molecular formula is C21H22N6O9S. The van der Waals surface area contributed by atoms with Gasteiger partial charge in [0.1, 0.15) is 11.4 Å². The Morgan fingerprint density at radius 3 is 2.57 bits per heavy atom. The molecular weight excluding hydrogens is 512 g/mol. The minimum absolute atomic E-state index is 0.0843. The quantitative estimate of drug-likeness (QED) is 0.116. The van der Waals surface area contributed by atoms with E-state index in [-0.39, 0.29) is 34.9 Å². The number of thioether (sulfide) groups is 1. The fourth-order valence-corrected chi connectivity index (χ4v) is 4.82. The summed E-state index contributed by atoms with van der Waals surface area (Å²) >= 11 is 1.15. The van der Waals surface area contributed by atoms with Crippen LogP contribution in [-0.4, -0.2) is 97.6 Å². The van der Waals surface area contributed by atoms with Gasteiger partial charge in [0.05, 0.1) is 13.7 Å². The number of aliphatic carboxylic acids is 1. The molecule has 196 valence electrons. The second-order valence-corrected chi connectivity index (χ2v) is 8.89. The van der Waals surface area contributed by atoms with Crippen molar-refractivity contribution < 1.29 is 43.6 Å². The number of ether oxygens (including phenoxy) is 3. The number of methoxy groups -OCH3 is 2. The number of benzene rings is 1. The van der Waals surface area contributed by atoms with Crippen molar-refractivity contribution >= 4 is 35.5 Å². The molecule has 0 radical (unpaired) electrons. The zero-order valence-corrected chi connectivity index (χ0v) is 20.6. The Balaban J connectivity index is 1.59. The molecule has 0 spiro atoms. The van der Waals surface area contributed by atoms with Gasteiger partial charge in [0, 0.05) is 19.9 Å². The van der Waals surface area contributed by atoms with Gasteiger partial charge in [0.15, 0.2) is 12.1 Å². The Morgan fingerprint density at radius 2 is 2.00 bits per heavy atom. The first-order valence-corrected chi connectivity index (χ1v) is 11.6. The highest BCUT2D eigenvalue weighted by atomic mass is 32.2. The lowest BCUT2D eigenvalue weighted by molar-refractivity contribution is -0.258. The minimum Gasteiger partial charge on any atom is -0.508 e. The highest BCUT2D eigenvalue weighted by Gasteiger charge is 2.68. The maximum atomic E-state index is 13.3. The summed E-state index contributed by atoms with van der Waals surface area (Å²) < 4.78 is 17.3. The van der Waals surface area contributed by atoms with E-state index in [1.54, 1.807) is 7.05 Å². The molecule has 3 N–H and O–H groups in total. The molecule has 1 aromatic carbocycles. The molecule has 2 amide bonds. The molecule has 37 heavy (non-hydrogen) atoms. The van der Waals surface area contributed by atoms with Gasteiger partial charge in [-0.3, -0.25) is 19.3 Å². The van der Waals surface area contributed by atoms with Gasteiger partial charge in [-0.1, -0.05) is 23.9 Å². The summed E-state index contributed by atoms with van der Waals surface area (Å²) in [5, 5.41) is 33.3. The average Bonchev–Trinajstić information content (AvgIpc) is 3.30. The molecule has 1 saturated heterocycles. The lowest BCUT2D eigenvalue weighted by Gasteiger charge is -2.55. The van der Waals surface area contributed by atoms with Crippen molar-refractivity contribution in [2.24, 2.45) is 7.05 Å². The van der Waals surface area contributed by atoms with E-state index in [0.29, 0.717) is 5.16 Å². The van der Waals surface area contributed by atoms with Crippen LogP contribution in [0.4, 0.5) is 0 Å². The third-order valence-corrected chi connectivity index (χ3v) is 6.92. The van der Waals surface area contributed by atoms with Crippen molar-refractivity contribution in [3.8, 4) is 5.75 Å². The minimum atomic E-state index is -2.09. The van der Waals surface area contributed by atoms with Crippen LogP contribution in [0.2, 0.25) is 0 Å². The molecule has 16 heteroatoms. The number of carbonyl (C=O) groups is 4. The number of carboxylic acids is 1. The zero-order chi connectivity index (χ0) is 26.9. The first-order chi connectivity index (χ1) is 17.6. The Kier molecular flexibility index (Phi) is 7.15. The number of phenols is 1. The topological polar surface area (TPSA) is 195 Å². The number of nitrogens with zero attached hydrogens (tertiary/aromatic N) is 5. The van der Waals surface area contributed by atoms with E-state index < -0.39 is 41.6 Å². The molecule has 1 fully saturated rings. The predicted octanol–water partition coefficient (Wildman–Crippen LogP) is -1.04. The van der Waals surface area contributed by atoms with Gasteiger partial charge in [0.2, 0.25) is 11.1 Å². The van der Waals surface area contributed by atoms with Crippen LogP contribution < -0.4 is 5.32 Å². The number of hydrogen-bond donors (Lipinski definition) is 3. The van der Waals surface area contributed by atoms with Gasteiger partial charge >= 0.3 is 11.9 Å². The molecule has 2 aliphatic rings. The summed E-state index contributed by atoms with van der Waals surface area (Å²) in [6.07, 6.45) is -1.32. The monoisotopic (exact) mass is 534 g/mol. The Hall–Kier alpha value is -4.02. The number of tetrazole rings is 1. The molecule has 0 aliphatic carbocycles. The number of fused-ring (bicyclic) bond motifs is 1. The predicted molar refractivity (Wildman–Crippen MR) is 122 cm³/mol. The van der Waals surface area contributed by atoms with Crippen molar-refractivity contribution in [1.82, 2.24) is 30.4 Å². The van der Waals surface area contributed by atoms with Gasteiger partial charge in [-0.25, -0.2) is 9.48 Å². The fourth-order valence-electron chi connectivity index (χ4n) is 3.98. The average molecular weight is 535 g/mol. The van der Waals surface area contributed by atoms with Crippen molar-refractivity contribution in [3.05, 3.63) is 41.1 Å². The third kappa shape index (κ3) is 4.49. The number of esters is 1.